The van der Waals surface area contributed by atoms with Crippen molar-refractivity contribution in [2.75, 3.05) is 31.1 Å². The van der Waals surface area contributed by atoms with Gasteiger partial charge in [0.1, 0.15) is 6.10 Å². The monoisotopic (exact) mass is 484 g/mol. The van der Waals surface area contributed by atoms with Gasteiger partial charge in [0.05, 0.1) is 41.3 Å². The molecule has 4 heterocycles. The number of nitrogens with one attached hydrogen (secondary N) is 2. The lowest BCUT2D eigenvalue weighted by Crippen LogP contribution is -2.39. The van der Waals surface area contributed by atoms with Crippen molar-refractivity contribution >= 4 is 44.3 Å². The molecule has 1 fully saturated rings. The first kappa shape index (κ1) is 21.7. The molecule has 176 valence electrons. The van der Waals surface area contributed by atoms with E-state index in [1.54, 1.807) is 11.3 Å². The Hall–Kier alpha value is -3.82. The molecule has 2 N–H and O–H groups in total. The van der Waals surface area contributed by atoms with Gasteiger partial charge in [0, 0.05) is 28.9 Å². The molecule has 1 amide bonds. The summed E-state index contributed by atoms with van der Waals surface area (Å²) in [5, 5.41) is 11.1. The number of aromatic nitrogens is 4. The van der Waals surface area contributed by atoms with Crippen molar-refractivity contribution in [1.29, 1.82) is 0 Å². The Morgan fingerprint density at radius 1 is 1.23 bits per heavy atom. The number of morpholine rings is 1. The molecule has 6 rings (SSSR count). The topological polar surface area (TPSA) is 96.0 Å². The van der Waals surface area contributed by atoms with Crippen LogP contribution in [0.5, 0.6) is 0 Å². The molecule has 1 saturated heterocycles. The van der Waals surface area contributed by atoms with Crippen LogP contribution in [0.1, 0.15) is 28.9 Å². The Morgan fingerprint density at radius 3 is 3.06 bits per heavy atom. The molecule has 1 aliphatic rings. The van der Waals surface area contributed by atoms with Crippen molar-refractivity contribution in [3.05, 3.63) is 72.1 Å². The molecular weight excluding hydrogens is 460 g/mol. The zero-order valence-electron chi connectivity index (χ0n) is 19.2. The molecule has 9 heteroatoms. The van der Waals surface area contributed by atoms with Gasteiger partial charge in [-0.25, -0.2) is 9.97 Å². The number of H-pyrrole nitrogens is 1. The molecule has 3 aromatic heterocycles. The Kier molecular flexibility index (Phi) is 5.63. The molecule has 35 heavy (non-hydrogen) atoms. The Balaban J connectivity index is 1.27. The molecule has 5 aromatic rings. The number of hydrogen-bond donors (Lipinski definition) is 2. The molecule has 2 aromatic carbocycles. The molecule has 1 aliphatic heterocycles. The molecular formula is C26H24N6O2S. The minimum absolute atomic E-state index is 0.0643. The normalized spacial score (nSPS) is 16.1. The van der Waals surface area contributed by atoms with Crippen LogP contribution in [0.3, 0.4) is 0 Å². The van der Waals surface area contributed by atoms with E-state index < -0.39 is 0 Å². The van der Waals surface area contributed by atoms with E-state index in [2.05, 4.69) is 37.5 Å². The first-order valence-electron chi connectivity index (χ1n) is 11.6. The zero-order valence-corrected chi connectivity index (χ0v) is 20.0. The lowest BCUT2D eigenvalue weighted by molar-refractivity contribution is 0.0402. The van der Waals surface area contributed by atoms with Crippen LogP contribution in [0.4, 0.5) is 5.95 Å². The van der Waals surface area contributed by atoms with Crippen LogP contribution in [0, 0.1) is 0 Å². The number of thiophene rings is 1. The molecule has 0 spiro atoms. The second kappa shape index (κ2) is 9.09. The second-order valence-electron chi connectivity index (χ2n) is 8.45. The van der Waals surface area contributed by atoms with E-state index in [1.807, 2.05) is 55.7 Å². The minimum atomic E-state index is -0.0839. The highest BCUT2D eigenvalue weighted by molar-refractivity contribution is 7.22. The van der Waals surface area contributed by atoms with Crippen molar-refractivity contribution in [2.45, 2.75) is 13.0 Å². The van der Waals surface area contributed by atoms with Crippen LogP contribution in [0.2, 0.25) is 0 Å². The fraction of sp³-hybridized carbons (Fsp3) is 0.231. The summed E-state index contributed by atoms with van der Waals surface area (Å²) < 4.78 is 7.14. The third-order valence-electron chi connectivity index (χ3n) is 6.22. The summed E-state index contributed by atoms with van der Waals surface area (Å²) in [5.41, 5.74) is 4.67. The number of nitrogens with zero attached hydrogens (tertiary/aromatic N) is 4. The Labute approximate surface area is 206 Å². The number of hydrogen-bond acceptors (Lipinski definition) is 7. The summed E-state index contributed by atoms with van der Waals surface area (Å²) >= 11 is 1.63. The zero-order chi connectivity index (χ0) is 23.8. The van der Waals surface area contributed by atoms with Crippen LogP contribution in [-0.4, -0.2) is 52.3 Å². The number of benzene rings is 2. The average molecular weight is 485 g/mol. The Morgan fingerprint density at radius 2 is 2.14 bits per heavy atom. The number of rotatable bonds is 5. The van der Waals surface area contributed by atoms with Gasteiger partial charge in [-0.2, -0.15) is 5.10 Å². The highest BCUT2D eigenvalue weighted by atomic mass is 32.1. The fourth-order valence-electron chi connectivity index (χ4n) is 4.49. The average Bonchev–Trinajstić information content (AvgIpc) is 3.55. The highest BCUT2D eigenvalue weighted by Crippen LogP contribution is 2.34. The van der Waals surface area contributed by atoms with E-state index in [0.717, 1.165) is 43.7 Å². The number of anilines is 1. The van der Waals surface area contributed by atoms with Crippen LogP contribution < -0.4 is 10.2 Å². The molecule has 1 atom stereocenters. The summed E-state index contributed by atoms with van der Waals surface area (Å²) in [7, 11) is 0. The van der Waals surface area contributed by atoms with Gasteiger partial charge in [0.2, 0.25) is 5.95 Å². The lowest BCUT2D eigenvalue weighted by atomic mass is 10.0. The first-order chi connectivity index (χ1) is 17.2. The summed E-state index contributed by atoms with van der Waals surface area (Å²) in [5.74, 6) is 0.635. The molecule has 0 saturated carbocycles. The van der Waals surface area contributed by atoms with E-state index in [9.17, 15) is 4.79 Å². The van der Waals surface area contributed by atoms with Crippen molar-refractivity contribution in [1.82, 2.24) is 25.5 Å². The second-order valence-corrected chi connectivity index (χ2v) is 9.54. The number of aromatic amines is 1. The van der Waals surface area contributed by atoms with Crippen molar-refractivity contribution in [2.24, 2.45) is 0 Å². The van der Waals surface area contributed by atoms with Gasteiger partial charge in [0.25, 0.3) is 5.91 Å². The van der Waals surface area contributed by atoms with Gasteiger partial charge in [-0.1, -0.05) is 24.3 Å². The van der Waals surface area contributed by atoms with Gasteiger partial charge in [0.15, 0.2) is 0 Å². The van der Waals surface area contributed by atoms with E-state index in [4.69, 9.17) is 9.72 Å². The van der Waals surface area contributed by atoms with Gasteiger partial charge in [-0.3, -0.25) is 9.89 Å². The fourth-order valence-corrected chi connectivity index (χ4v) is 5.46. The third kappa shape index (κ3) is 4.13. The quantitative estimate of drug-likeness (QED) is 0.380. The summed E-state index contributed by atoms with van der Waals surface area (Å²) in [4.78, 5) is 25.1. The standard InChI is InChI=1S/C26H24N6O2S/c1-2-27-25(33)17-6-3-5-16(11-17)23-12-21-24(35-23)14-28-26(30-21)32-9-10-34-22(15-32)18-7-4-8-20-19(18)13-29-31-20/h3-8,11-14,22H,2,9-10,15H2,1H3,(H,27,33)(H,29,31). The SMILES string of the molecule is CCNC(=O)c1cccc(-c2cc3nc(N4CCOC(c5cccc6[nH]ncc56)C4)ncc3s2)c1. The largest absolute Gasteiger partial charge is 0.370 e. The minimum Gasteiger partial charge on any atom is -0.370 e. The summed E-state index contributed by atoms with van der Waals surface area (Å²) in [6, 6.07) is 15.9. The first-order valence-corrected chi connectivity index (χ1v) is 12.4. The van der Waals surface area contributed by atoms with E-state index in [1.165, 1.54) is 0 Å². The third-order valence-corrected chi connectivity index (χ3v) is 7.33. The number of amides is 1. The van der Waals surface area contributed by atoms with E-state index in [0.29, 0.717) is 31.2 Å². The number of fused-ring (bicyclic) bond motifs is 2. The molecule has 0 radical (unpaired) electrons. The predicted molar refractivity (Wildman–Crippen MR) is 138 cm³/mol. The smallest absolute Gasteiger partial charge is 0.251 e. The number of carbonyl (C=O) groups excluding carboxylic acids is 1. The van der Waals surface area contributed by atoms with Crippen LogP contribution in [0.15, 0.2) is 60.9 Å². The summed E-state index contributed by atoms with van der Waals surface area (Å²) in [6.45, 7) is 4.51. The number of ether oxygens (including phenoxy) is 1. The highest BCUT2D eigenvalue weighted by Gasteiger charge is 2.25. The van der Waals surface area contributed by atoms with Crippen molar-refractivity contribution in [3.8, 4) is 10.4 Å². The van der Waals surface area contributed by atoms with Crippen LogP contribution in [-0.2, 0) is 4.74 Å². The number of carbonyl (C=O) groups is 1. The van der Waals surface area contributed by atoms with Crippen molar-refractivity contribution in [3.63, 3.8) is 0 Å². The van der Waals surface area contributed by atoms with Gasteiger partial charge in [-0.05, 0) is 42.3 Å². The molecule has 0 aliphatic carbocycles. The Bertz CT molecular complexity index is 1530. The summed E-state index contributed by atoms with van der Waals surface area (Å²) in [6.07, 6.45) is 3.66. The van der Waals surface area contributed by atoms with Gasteiger partial charge in [-0.15, -0.1) is 11.3 Å². The van der Waals surface area contributed by atoms with Crippen LogP contribution in [0.25, 0.3) is 31.6 Å². The maximum Gasteiger partial charge on any atom is 0.251 e. The van der Waals surface area contributed by atoms with E-state index in [-0.39, 0.29) is 12.0 Å². The van der Waals surface area contributed by atoms with E-state index >= 15 is 0 Å². The van der Waals surface area contributed by atoms with Crippen molar-refractivity contribution < 1.29 is 9.53 Å². The predicted octanol–water partition coefficient (Wildman–Crippen LogP) is 4.56. The molecule has 1 unspecified atom stereocenters. The lowest BCUT2D eigenvalue weighted by Gasteiger charge is -2.33. The molecule has 8 nitrogen and oxygen atoms in total. The maximum atomic E-state index is 12.3. The van der Waals surface area contributed by atoms with Crippen LogP contribution >= 0.6 is 11.3 Å². The van der Waals surface area contributed by atoms with Gasteiger partial charge >= 0.3 is 0 Å². The molecule has 0 bridgehead atoms. The maximum absolute atomic E-state index is 12.3. The van der Waals surface area contributed by atoms with Gasteiger partial charge < -0.3 is 15.0 Å².